The highest BCUT2D eigenvalue weighted by atomic mass is 35.5. The average Bonchev–Trinajstić information content (AvgIpc) is 2.49. The molecule has 0 aromatic heterocycles. The van der Waals surface area contributed by atoms with E-state index < -0.39 is 20.6 Å². The number of sulfonamides is 1. The summed E-state index contributed by atoms with van der Waals surface area (Å²) in [5.74, 6) is 0.237. The third kappa shape index (κ3) is 3.92. The van der Waals surface area contributed by atoms with Gasteiger partial charge in [-0.2, -0.15) is 4.31 Å². The Morgan fingerprint density at radius 1 is 1.43 bits per heavy atom. The molecule has 1 fully saturated rings. The molecule has 0 radical (unpaired) electrons. The van der Waals surface area contributed by atoms with Crippen LogP contribution in [0, 0.1) is 16.0 Å². The largest absolute Gasteiger partial charge is 0.497 e. The van der Waals surface area contributed by atoms with Crippen molar-refractivity contribution in [1.29, 1.82) is 0 Å². The first-order valence-corrected chi connectivity index (χ1v) is 8.29. The van der Waals surface area contributed by atoms with E-state index in [4.69, 9.17) is 10.5 Å². The van der Waals surface area contributed by atoms with Crippen molar-refractivity contribution < 1.29 is 18.1 Å². The summed E-state index contributed by atoms with van der Waals surface area (Å²) < 4.78 is 31.6. The molecule has 1 heterocycles. The molecule has 1 aliphatic rings. The first-order valence-electron chi connectivity index (χ1n) is 6.85. The van der Waals surface area contributed by atoms with Gasteiger partial charge in [-0.1, -0.05) is 6.92 Å². The Kier molecular flexibility index (Phi) is 6.34. The highest BCUT2D eigenvalue weighted by Gasteiger charge is 2.36. The number of hydrogen-bond acceptors (Lipinski definition) is 6. The molecule has 1 saturated heterocycles. The Bertz CT molecular complexity index is 682. The van der Waals surface area contributed by atoms with Gasteiger partial charge < -0.3 is 10.5 Å². The Morgan fingerprint density at radius 2 is 2.09 bits per heavy atom. The lowest BCUT2D eigenvalue weighted by Gasteiger charge is -2.34. The molecule has 2 rings (SSSR count). The molecule has 8 nitrogen and oxygen atoms in total. The number of nitro benzene ring substituents is 1. The number of ether oxygens (including phenoxy) is 1. The maximum absolute atomic E-state index is 12.7. The van der Waals surface area contributed by atoms with Crippen LogP contribution in [0.5, 0.6) is 5.75 Å². The van der Waals surface area contributed by atoms with Gasteiger partial charge in [0.25, 0.3) is 5.69 Å². The lowest BCUT2D eigenvalue weighted by molar-refractivity contribution is -0.387. The summed E-state index contributed by atoms with van der Waals surface area (Å²) in [6.07, 6.45) is 0.532. The summed E-state index contributed by atoms with van der Waals surface area (Å²) in [7, 11) is -2.58. The molecule has 0 saturated carbocycles. The van der Waals surface area contributed by atoms with Gasteiger partial charge in [-0.15, -0.1) is 12.4 Å². The van der Waals surface area contributed by atoms with E-state index in [0.717, 1.165) is 6.07 Å². The molecule has 1 aromatic rings. The standard InChI is InChI=1S/C13H19N3O5S.ClH/c1-9-8-15(6-5-11(9)14)22(19,20)13-4-3-10(21-2)7-12(13)16(17)18;/h3-4,7,9,11H,5-6,8,14H2,1-2H3;1H. The van der Waals surface area contributed by atoms with E-state index in [2.05, 4.69) is 0 Å². The first kappa shape index (κ1) is 19.6. The zero-order valence-corrected chi connectivity index (χ0v) is 14.5. The minimum atomic E-state index is -3.94. The van der Waals surface area contributed by atoms with Gasteiger partial charge in [0.15, 0.2) is 4.90 Å². The van der Waals surface area contributed by atoms with Gasteiger partial charge in [-0.25, -0.2) is 8.42 Å². The number of hydrogen-bond donors (Lipinski definition) is 1. The van der Waals surface area contributed by atoms with Gasteiger partial charge in [-0.05, 0) is 24.5 Å². The summed E-state index contributed by atoms with van der Waals surface area (Å²) in [5, 5.41) is 11.2. The Balaban J connectivity index is 0.00000264. The predicted molar refractivity (Wildman–Crippen MR) is 87.4 cm³/mol. The second kappa shape index (κ2) is 7.43. The zero-order valence-electron chi connectivity index (χ0n) is 12.8. The van der Waals surface area contributed by atoms with Crippen LogP contribution in [-0.2, 0) is 10.0 Å². The van der Waals surface area contributed by atoms with Crippen molar-refractivity contribution in [2.75, 3.05) is 20.2 Å². The van der Waals surface area contributed by atoms with Crippen LogP contribution in [0.1, 0.15) is 13.3 Å². The Hall–Kier alpha value is -1.42. The third-order valence-electron chi connectivity index (χ3n) is 3.91. The monoisotopic (exact) mass is 365 g/mol. The Morgan fingerprint density at radius 3 is 2.61 bits per heavy atom. The van der Waals surface area contributed by atoms with E-state index in [-0.39, 0.29) is 48.1 Å². The molecule has 130 valence electrons. The number of nitro groups is 1. The molecule has 0 amide bonds. The molecule has 10 heteroatoms. The van der Waals surface area contributed by atoms with Gasteiger partial charge >= 0.3 is 0 Å². The second-order valence-corrected chi connectivity index (χ2v) is 7.29. The van der Waals surface area contributed by atoms with Crippen LogP contribution in [0.2, 0.25) is 0 Å². The normalized spacial score (nSPS) is 22.2. The van der Waals surface area contributed by atoms with E-state index >= 15 is 0 Å². The minimum Gasteiger partial charge on any atom is -0.497 e. The second-order valence-electron chi connectivity index (χ2n) is 5.38. The molecular weight excluding hydrogens is 346 g/mol. The number of methoxy groups -OCH3 is 1. The van der Waals surface area contributed by atoms with Gasteiger partial charge in [0.05, 0.1) is 18.1 Å². The number of piperidine rings is 1. The highest BCUT2D eigenvalue weighted by molar-refractivity contribution is 7.89. The van der Waals surface area contributed by atoms with Crippen molar-refractivity contribution in [3.05, 3.63) is 28.3 Å². The highest BCUT2D eigenvalue weighted by Crippen LogP contribution is 2.32. The van der Waals surface area contributed by atoms with E-state index in [1.165, 1.54) is 23.5 Å². The summed E-state index contributed by atoms with van der Waals surface area (Å²) in [6, 6.07) is 3.67. The quantitative estimate of drug-likeness (QED) is 0.636. The minimum absolute atomic E-state index is 0. The van der Waals surface area contributed by atoms with Gasteiger partial charge in [0.2, 0.25) is 10.0 Å². The van der Waals surface area contributed by atoms with Crippen molar-refractivity contribution in [2.24, 2.45) is 11.7 Å². The number of nitrogens with two attached hydrogens (primary N) is 1. The topological polar surface area (TPSA) is 116 Å². The zero-order chi connectivity index (χ0) is 16.5. The van der Waals surface area contributed by atoms with Crippen molar-refractivity contribution >= 4 is 28.1 Å². The average molecular weight is 366 g/mol. The van der Waals surface area contributed by atoms with Crippen molar-refractivity contribution in [3.63, 3.8) is 0 Å². The third-order valence-corrected chi connectivity index (χ3v) is 5.83. The summed E-state index contributed by atoms with van der Waals surface area (Å²) in [6.45, 7) is 2.39. The number of benzene rings is 1. The maximum Gasteiger partial charge on any atom is 0.293 e. The smallest absolute Gasteiger partial charge is 0.293 e. The maximum atomic E-state index is 12.7. The number of rotatable bonds is 4. The van der Waals surface area contributed by atoms with E-state index in [9.17, 15) is 18.5 Å². The van der Waals surface area contributed by atoms with Crippen molar-refractivity contribution in [1.82, 2.24) is 4.31 Å². The first-order chi connectivity index (χ1) is 10.3. The van der Waals surface area contributed by atoms with Gasteiger partial charge in [0, 0.05) is 19.1 Å². The fourth-order valence-electron chi connectivity index (χ4n) is 2.47. The van der Waals surface area contributed by atoms with Crippen LogP contribution in [0.15, 0.2) is 23.1 Å². The lowest BCUT2D eigenvalue weighted by Crippen LogP contribution is -2.48. The van der Waals surface area contributed by atoms with Gasteiger partial charge in [0.1, 0.15) is 5.75 Å². The molecule has 0 spiro atoms. The number of halogens is 1. The van der Waals surface area contributed by atoms with Crippen LogP contribution >= 0.6 is 12.4 Å². The van der Waals surface area contributed by atoms with Crippen LogP contribution in [0.25, 0.3) is 0 Å². The van der Waals surface area contributed by atoms with E-state index in [1.54, 1.807) is 0 Å². The Labute approximate surface area is 141 Å². The molecule has 1 aliphatic heterocycles. The van der Waals surface area contributed by atoms with Crippen molar-refractivity contribution in [3.8, 4) is 5.75 Å². The van der Waals surface area contributed by atoms with Crippen LogP contribution in [0.3, 0.4) is 0 Å². The van der Waals surface area contributed by atoms with Crippen LogP contribution in [0.4, 0.5) is 5.69 Å². The molecule has 2 atom stereocenters. The fourth-order valence-corrected chi connectivity index (χ4v) is 4.16. The lowest BCUT2D eigenvalue weighted by atomic mass is 9.96. The van der Waals surface area contributed by atoms with E-state index in [1.807, 2.05) is 6.92 Å². The fraction of sp³-hybridized carbons (Fsp3) is 0.538. The summed E-state index contributed by atoms with van der Waals surface area (Å²) in [4.78, 5) is 10.2. The molecule has 2 N–H and O–H groups in total. The van der Waals surface area contributed by atoms with Crippen molar-refractivity contribution in [2.45, 2.75) is 24.3 Å². The summed E-state index contributed by atoms with van der Waals surface area (Å²) >= 11 is 0. The summed E-state index contributed by atoms with van der Waals surface area (Å²) in [5.41, 5.74) is 5.41. The molecule has 1 aromatic carbocycles. The number of nitrogens with zero attached hydrogens (tertiary/aromatic N) is 2. The molecular formula is C13H20ClN3O5S. The van der Waals surface area contributed by atoms with Crippen LogP contribution in [-0.4, -0.2) is 43.9 Å². The van der Waals surface area contributed by atoms with E-state index in [0.29, 0.717) is 6.42 Å². The molecule has 23 heavy (non-hydrogen) atoms. The predicted octanol–water partition coefficient (Wildman–Crippen LogP) is 1.38. The molecule has 2 unspecified atom stereocenters. The van der Waals surface area contributed by atoms with Crippen LogP contribution < -0.4 is 10.5 Å². The SMILES string of the molecule is COc1ccc(S(=O)(=O)N2CCC(N)C(C)C2)c([N+](=O)[O-])c1.Cl. The molecule has 0 bridgehead atoms. The van der Waals surface area contributed by atoms with Gasteiger partial charge in [-0.3, -0.25) is 10.1 Å². The molecule has 0 aliphatic carbocycles.